The van der Waals surface area contributed by atoms with Crippen LogP contribution in [0, 0.1) is 5.92 Å². The summed E-state index contributed by atoms with van der Waals surface area (Å²) < 4.78 is 0. The van der Waals surface area contributed by atoms with Crippen molar-refractivity contribution in [3.63, 3.8) is 0 Å². The van der Waals surface area contributed by atoms with E-state index in [2.05, 4.69) is 10.3 Å². The van der Waals surface area contributed by atoms with Crippen LogP contribution in [0.1, 0.15) is 25.7 Å². The topological polar surface area (TPSA) is 68.0 Å². The molecule has 2 atom stereocenters. The number of thiophene rings is 1. The summed E-state index contributed by atoms with van der Waals surface area (Å²) in [5.41, 5.74) is 6.93. The minimum Gasteiger partial charge on any atom is -0.327 e. The fourth-order valence-corrected chi connectivity index (χ4v) is 4.08. The number of carbonyl (C=O) groups excluding carboxylic acids is 1. The number of aromatic nitrogens is 1. The van der Waals surface area contributed by atoms with Crippen molar-refractivity contribution in [2.24, 2.45) is 11.7 Å². The number of hydrogen-bond acceptors (Lipinski definition) is 5. The summed E-state index contributed by atoms with van der Waals surface area (Å²) in [6, 6.07) is 4.21. The SMILES string of the molecule is N[C@@H]1CCC[C@H]1CC(=O)Nc1nc(-c2cccs2)cs1. The Morgan fingerprint density at radius 2 is 2.35 bits per heavy atom. The number of rotatable bonds is 4. The molecule has 3 rings (SSSR count). The predicted molar refractivity (Wildman–Crippen MR) is 84.0 cm³/mol. The first-order chi connectivity index (χ1) is 9.72. The molecule has 1 aliphatic rings. The van der Waals surface area contributed by atoms with Crippen LogP contribution in [0.25, 0.3) is 10.6 Å². The van der Waals surface area contributed by atoms with Gasteiger partial charge in [-0.3, -0.25) is 4.79 Å². The number of nitrogens with zero attached hydrogens (tertiary/aromatic N) is 1. The Balaban J connectivity index is 1.59. The smallest absolute Gasteiger partial charge is 0.226 e. The summed E-state index contributed by atoms with van der Waals surface area (Å²) in [7, 11) is 0. The molecule has 106 valence electrons. The molecule has 20 heavy (non-hydrogen) atoms. The van der Waals surface area contributed by atoms with E-state index in [0.29, 0.717) is 17.5 Å². The largest absolute Gasteiger partial charge is 0.327 e. The molecule has 1 fully saturated rings. The number of amides is 1. The van der Waals surface area contributed by atoms with E-state index in [1.54, 1.807) is 11.3 Å². The van der Waals surface area contributed by atoms with Crippen molar-refractivity contribution in [1.82, 2.24) is 4.98 Å². The summed E-state index contributed by atoms with van der Waals surface area (Å²) in [6.45, 7) is 0. The Bertz CT molecular complexity index is 579. The average Bonchev–Trinajstić information content (AvgIpc) is 3.12. The highest BCUT2D eigenvalue weighted by molar-refractivity contribution is 7.16. The van der Waals surface area contributed by atoms with Gasteiger partial charge in [0.15, 0.2) is 5.13 Å². The van der Waals surface area contributed by atoms with Gasteiger partial charge < -0.3 is 11.1 Å². The van der Waals surface area contributed by atoms with Crippen LogP contribution in [-0.2, 0) is 4.79 Å². The summed E-state index contributed by atoms with van der Waals surface area (Å²) in [6.07, 6.45) is 3.75. The molecular weight excluding hydrogens is 290 g/mol. The Labute approximate surface area is 126 Å². The molecule has 1 aliphatic carbocycles. The third-order valence-corrected chi connectivity index (χ3v) is 5.34. The van der Waals surface area contributed by atoms with Crippen LogP contribution < -0.4 is 11.1 Å². The number of nitrogens with one attached hydrogen (secondary N) is 1. The third kappa shape index (κ3) is 3.08. The van der Waals surface area contributed by atoms with Gasteiger partial charge in [0.25, 0.3) is 0 Å². The van der Waals surface area contributed by atoms with Crippen LogP contribution in [0.15, 0.2) is 22.9 Å². The maximum Gasteiger partial charge on any atom is 0.226 e. The lowest BCUT2D eigenvalue weighted by atomic mass is 10.00. The zero-order valence-electron chi connectivity index (χ0n) is 11.0. The normalized spacial score (nSPS) is 22.1. The van der Waals surface area contributed by atoms with E-state index in [4.69, 9.17) is 5.73 Å². The minimum absolute atomic E-state index is 0.0272. The number of thiazole rings is 1. The first-order valence-corrected chi connectivity index (χ1v) is 8.53. The molecule has 0 bridgehead atoms. The van der Waals surface area contributed by atoms with Crippen molar-refractivity contribution in [2.45, 2.75) is 31.7 Å². The van der Waals surface area contributed by atoms with E-state index >= 15 is 0 Å². The number of hydrogen-bond donors (Lipinski definition) is 2. The van der Waals surface area contributed by atoms with Crippen molar-refractivity contribution in [3.8, 4) is 10.6 Å². The fourth-order valence-electron chi connectivity index (χ4n) is 2.60. The first-order valence-electron chi connectivity index (χ1n) is 6.77. The Kier molecular flexibility index (Phi) is 4.14. The Morgan fingerprint density at radius 3 is 3.05 bits per heavy atom. The molecule has 1 amide bonds. The van der Waals surface area contributed by atoms with Gasteiger partial charge in [0, 0.05) is 17.8 Å². The van der Waals surface area contributed by atoms with Crippen LogP contribution in [0.3, 0.4) is 0 Å². The van der Waals surface area contributed by atoms with Crippen molar-refractivity contribution in [2.75, 3.05) is 5.32 Å². The van der Waals surface area contributed by atoms with E-state index in [9.17, 15) is 4.79 Å². The van der Waals surface area contributed by atoms with Gasteiger partial charge in [-0.1, -0.05) is 12.5 Å². The molecule has 0 aromatic carbocycles. The van der Waals surface area contributed by atoms with Crippen molar-refractivity contribution >= 4 is 33.7 Å². The molecular formula is C14H17N3OS2. The fraction of sp³-hybridized carbons (Fsp3) is 0.429. The van der Waals surface area contributed by atoms with Crippen molar-refractivity contribution < 1.29 is 4.79 Å². The molecule has 6 heteroatoms. The lowest BCUT2D eigenvalue weighted by Crippen LogP contribution is -2.28. The van der Waals surface area contributed by atoms with Gasteiger partial charge in [-0.05, 0) is 30.2 Å². The molecule has 0 aliphatic heterocycles. The van der Waals surface area contributed by atoms with E-state index in [0.717, 1.165) is 29.8 Å². The van der Waals surface area contributed by atoms with Crippen LogP contribution >= 0.6 is 22.7 Å². The lowest BCUT2D eigenvalue weighted by Gasteiger charge is -2.13. The average molecular weight is 307 g/mol. The van der Waals surface area contributed by atoms with Gasteiger partial charge in [-0.15, -0.1) is 22.7 Å². The molecule has 4 nitrogen and oxygen atoms in total. The molecule has 0 spiro atoms. The summed E-state index contributed by atoms with van der Waals surface area (Å²) in [5, 5.41) is 7.56. The third-order valence-electron chi connectivity index (χ3n) is 3.69. The zero-order chi connectivity index (χ0) is 13.9. The monoisotopic (exact) mass is 307 g/mol. The highest BCUT2D eigenvalue weighted by atomic mass is 32.1. The Morgan fingerprint density at radius 1 is 1.45 bits per heavy atom. The lowest BCUT2D eigenvalue weighted by molar-refractivity contribution is -0.117. The van der Waals surface area contributed by atoms with Gasteiger partial charge in [-0.2, -0.15) is 0 Å². The van der Waals surface area contributed by atoms with E-state index in [1.807, 2.05) is 22.9 Å². The maximum absolute atomic E-state index is 12.0. The van der Waals surface area contributed by atoms with Crippen LogP contribution in [0.4, 0.5) is 5.13 Å². The van der Waals surface area contributed by atoms with Gasteiger partial charge in [0.2, 0.25) is 5.91 Å². The Hall–Kier alpha value is -1.24. The zero-order valence-corrected chi connectivity index (χ0v) is 12.7. The van der Waals surface area contributed by atoms with Gasteiger partial charge in [0.1, 0.15) is 0 Å². The quantitative estimate of drug-likeness (QED) is 0.910. The summed E-state index contributed by atoms with van der Waals surface area (Å²) >= 11 is 3.12. The molecule has 2 aromatic heterocycles. The van der Waals surface area contributed by atoms with Crippen LogP contribution in [0.2, 0.25) is 0 Å². The number of nitrogens with two attached hydrogens (primary N) is 1. The van der Waals surface area contributed by atoms with Gasteiger partial charge >= 0.3 is 0 Å². The number of anilines is 1. The van der Waals surface area contributed by atoms with Crippen molar-refractivity contribution in [3.05, 3.63) is 22.9 Å². The van der Waals surface area contributed by atoms with E-state index in [1.165, 1.54) is 11.3 Å². The molecule has 2 heterocycles. The van der Waals surface area contributed by atoms with E-state index in [-0.39, 0.29) is 11.9 Å². The van der Waals surface area contributed by atoms with E-state index < -0.39 is 0 Å². The highest BCUT2D eigenvalue weighted by Crippen LogP contribution is 2.30. The molecule has 3 N–H and O–H groups in total. The minimum atomic E-state index is 0.0272. The van der Waals surface area contributed by atoms with Gasteiger partial charge in [-0.25, -0.2) is 4.98 Å². The highest BCUT2D eigenvalue weighted by Gasteiger charge is 2.26. The standard InChI is InChI=1S/C14H17N3OS2/c15-10-4-1-3-9(10)7-13(18)17-14-16-11(8-20-14)12-5-2-6-19-12/h2,5-6,8-10H,1,3-4,7,15H2,(H,16,17,18)/t9-,10+/m0/s1. The molecule has 0 saturated heterocycles. The predicted octanol–water partition coefficient (Wildman–Crippen LogP) is 3.33. The van der Waals surface area contributed by atoms with Crippen molar-refractivity contribution in [1.29, 1.82) is 0 Å². The maximum atomic E-state index is 12.0. The second kappa shape index (κ2) is 6.03. The van der Waals surface area contributed by atoms with Gasteiger partial charge in [0.05, 0.1) is 10.6 Å². The summed E-state index contributed by atoms with van der Waals surface area (Å²) in [5.74, 6) is 0.353. The summed E-state index contributed by atoms with van der Waals surface area (Å²) in [4.78, 5) is 17.6. The molecule has 2 aromatic rings. The second-order valence-electron chi connectivity index (χ2n) is 5.12. The molecule has 0 radical (unpaired) electrons. The number of carbonyl (C=O) groups is 1. The molecule has 0 unspecified atom stereocenters. The van der Waals surface area contributed by atoms with Crippen LogP contribution in [-0.4, -0.2) is 16.9 Å². The first kappa shape index (κ1) is 13.7. The van der Waals surface area contributed by atoms with Crippen LogP contribution in [0.5, 0.6) is 0 Å². The second-order valence-corrected chi connectivity index (χ2v) is 6.93. The molecule has 1 saturated carbocycles.